The molecule has 6 atom stereocenters. The molecule has 11 aromatic heterocycles. The average Bonchev–Trinajstić information content (AvgIpc) is 1.63. The smallest absolute Gasteiger partial charge is 0.277 e. The summed E-state index contributed by atoms with van der Waals surface area (Å²) in [6.07, 6.45) is 23.0. The lowest BCUT2D eigenvalue weighted by Crippen LogP contribution is -2.39. The van der Waals surface area contributed by atoms with Crippen molar-refractivity contribution in [1.29, 1.82) is 0 Å². The number of imidazole rings is 1. The van der Waals surface area contributed by atoms with Crippen molar-refractivity contribution < 1.29 is 28.4 Å². The number of anilines is 3. The van der Waals surface area contributed by atoms with Gasteiger partial charge in [-0.15, -0.1) is 11.3 Å². The van der Waals surface area contributed by atoms with E-state index in [0.717, 1.165) is 194 Å². The predicted octanol–water partition coefficient (Wildman–Crippen LogP) is 13.1. The fraction of sp³-hybridized carbons (Fsp3) is 0.506. The van der Waals surface area contributed by atoms with E-state index in [2.05, 4.69) is 88.8 Å². The first-order valence-electron chi connectivity index (χ1n) is 37.6. The van der Waals surface area contributed by atoms with Gasteiger partial charge in [-0.3, -0.25) is 23.9 Å². The zero-order chi connectivity index (χ0) is 71.7. The minimum Gasteiger partial charge on any atom is -0.382 e. The highest BCUT2D eigenvalue weighted by Crippen LogP contribution is 2.41. The Balaban J connectivity index is 0.000000120. The van der Waals surface area contributed by atoms with Crippen molar-refractivity contribution in [2.24, 2.45) is 17.8 Å². The van der Waals surface area contributed by atoms with Gasteiger partial charge in [0.2, 0.25) is 5.95 Å². The number of carbonyl (C=O) groups excluding carboxylic acids is 3. The first-order chi connectivity index (χ1) is 50.4. The summed E-state index contributed by atoms with van der Waals surface area (Å²) in [6, 6.07) is 16.7. The van der Waals surface area contributed by atoms with Crippen molar-refractivity contribution in [3.05, 3.63) is 153 Å². The average molecular weight is 1430 g/mol. The van der Waals surface area contributed by atoms with E-state index in [0.29, 0.717) is 67.3 Å². The van der Waals surface area contributed by atoms with E-state index in [-0.39, 0.29) is 47.2 Å². The van der Waals surface area contributed by atoms with Crippen molar-refractivity contribution in [2.45, 2.75) is 175 Å². The molecule has 1 aliphatic carbocycles. The molecular weight excluding hydrogens is 1340 g/mol. The van der Waals surface area contributed by atoms with Crippen LogP contribution in [0.2, 0.25) is 0 Å². The molecule has 1 saturated carbocycles. The molecule has 25 nitrogen and oxygen atoms in total. The first kappa shape index (κ1) is 68.8. The number of nitrogens with one attached hydrogen (secondary N) is 1. The summed E-state index contributed by atoms with van der Waals surface area (Å²) in [4.78, 5) is 73.4. The molecule has 18 rings (SSSR count). The van der Waals surface area contributed by atoms with Crippen LogP contribution in [0.4, 0.5) is 21.8 Å². The summed E-state index contributed by atoms with van der Waals surface area (Å²) < 4.78 is 27.4. The molecule has 0 spiro atoms. The van der Waals surface area contributed by atoms with Crippen LogP contribution in [0.1, 0.15) is 218 Å². The number of nitrogens with zero attached hydrogens (tertiary/aromatic N) is 19. The molecule has 0 radical (unpaired) electrons. The van der Waals surface area contributed by atoms with Crippen molar-refractivity contribution in [1.82, 2.24) is 83.2 Å². The molecule has 6 saturated heterocycles. The van der Waals surface area contributed by atoms with Crippen molar-refractivity contribution in [2.75, 3.05) is 73.6 Å². The van der Waals surface area contributed by atoms with Crippen LogP contribution in [-0.4, -0.2) is 165 Å². The van der Waals surface area contributed by atoms with Crippen LogP contribution in [0, 0.1) is 51.4 Å². The van der Waals surface area contributed by atoms with Crippen LogP contribution in [-0.2, 0) is 5.60 Å². The van der Waals surface area contributed by atoms with Gasteiger partial charge in [-0.05, 0) is 183 Å². The van der Waals surface area contributed by atoms with Gasteiger partial charge in [-0.25, -0.2) is 33.5 Å². The third-order valence-electron chi connectivity index (χ3n) is 22.5. The highest BCUT2D eigenvalue weighted by Gasteiger charge is 2.41. The van der Waals surface area contributed by atoms with Gasteiger partial charge in [-0.2, -0.15) is 24.8 Å². The highest BCUT2D eigenvalue weighted by atomic mass is 32.1. The number of carbonyl (C=O) groups is 3. The third kappa shape index (κ3) is 13.5. The Morgan fingerprint density at radius 2 is 1.02 bits per heavy atom. The normalized spacial score (nSPS) is 22.2. The lowest BCUT2D eigenvalue weighted by atomic mass is 9.97. The number of aryl methyl sites for hydroxylation is 4. The van der Waals surface area contributed by atoms with Crippen LogP contribution in [0.5, 0.6) is 0 Å². The second-order valence-electron chi connectivity index (χ2n) is 30.6. The maximum Gasteiger partial charge on any atom is 0.277 e. The molecule has 0 unspecified atom stereocenters. The van der Waals surface area contributed by atoms with E-state index in [1.165, 1.54) is 23.7 Å². The Kier molecular flexibility index (Phi) is 18.8. The first-order valence-corrected chi connectivity index (χ1v) is 38.5. The molecule has 2 N–H and O–H groups in total. The van der Waals surface area contributed by atoms with E-state index in [4.69, 9.17) is 34.8 Å². The van der Waals surface area contributed by atoms with Crippen molar-refractivity contribution >= 4 is 69.1 Å². The van der Waals surface area contributed by atoms with Gasteiger partial charge in [0.05, 0.1) is 45.8 Å². The number of pyridine rings is 1. The zero-order valence-corrected chi connectivity index (χ0v) is 61.4. The van der Waals surface area contributed by atoms with Crippen molar-refractivity contribution in [3.63, 3.8) is 0 Å². The Hall–Kier alpha value is -9.63. The topological polar surface area (TPSA) is 253 Å². The second kappa shape index (κ2) is 28.4. The Morgan fingerprint density at radius 3 is 1.47 bits per heavy atom. The highest BCUT2D eigenvalue weighted by molar-refractivity contribution is 7.13. The van der Waals surface area contributed by atoms with E-state index < -0.39 is 11.5 Å². The lowest BCUT2D eigenvalue weighted by Gasteiger charge is -2.34. The fourth-order valence-corrected chi connectivity index (χ4v) is 17.5. The Bertz CT molecular complexity index is 4990. The minimum absolute atomic E-state index is 0.0447. The van der Waals surface area contributed by atoms with E-state index in [9.17, 15) is 19.5 Å². The van der Waals surface area contributed by atoms with E-state index >= 15 is 4.39 Å². The number of thiophene rings is 1. The summed E-state index contributed by atoms with van der Waals surface area (Å²) in [7, 11) is 0. The molecule has 6 aliphatic heterocycles. The van der Waals surface area contributed by atoms with Crippen LogP contribution >= 0.6 is 11.3 Å². The zero-order valence-electron chi connectivity index (χ0n) is 60.6. The molecule has 27 heteroatoms. The standard InChI is InChI=1S/C26H30FN7O.C26H34N6O3.C25H29N7OS/c1-16-8-11-33-21(12-16)28-23(24(33)27)26(35)32-9-5-4-6-20(32)19-13-22-29-25(18(3)15-34(22)30-19)31-10-7-17(2)14-31;1-17-8-12-30(15-17)24-18(2)16-32-23(27-24)14-19(28-32)21-7-3-6-11-31(21)25(33)20-13-22(35-29-20)26(34)9-4-5-10-26;1-16-8-10-30(14-16)24-17(2)15-32-23(26-24)13-18(29-32)21-6-3-4-9-31(21)25(33)20-12-19(27-28-20)22-7-5-11-34-22/h8,11-13,15,17,20H,4-7,9-10,14H2,1-3H3;13-14,16-17,21,34H,3-12,15H2,1-2H3;5,7,11-13,15-16,21H,3-4,6,8-10,14H2,1-2H3,(H,27,28)/t17-,20-;17-,21-;16-,21-/m000/s1. The Morgan fingerprint density at radius 1 is 0.548 bits per heavy atom. The second-order valence-corrected chi connectivity index (χ2v) is 31.5. The molecule has 104 heavy (non-hydrogen) atoms. The van der Waals surface area contributed by atoms with Crippen LogP contribution in [0.25, 0.3) is 33.2 Å². The number of rotatable bonds is 11. The molecule has 11 aromatic rings. The van der Waals surface area contributed by atoms with E-state index in [1.54, 1.807) is 45.1 Å². The van der Waals surface area contributed by atoms with Crippen molar-refractivity contribution in [3.8, 4) is 10.6 Å². The molecular formula is C77H93FN20O5S. The number of fused-ring (bicyclic) bond motifs is 4. The number of halogens is 1. The number of hydrogen-bond acceptors (Lipinski definition) is 18. The number of aromatic nitrogens is 14. The maximum atomic E-state index is 15.1. The van der Waals surface area contributed by atoms with Gasteiger partial charge in [0.1, 0.15) is 28.7 Å². The van der Waals surface area contributed by atoms with Crippen LogP contribution in [0.3, 0.4) is 0 Å². The maximum absolute atomic E-state index is 15.1. The molecule has 0 aromatic carbocycles. The lowest BCUT2D eigenvalue weighted by molar-refractivity contribution is 0.0162. The minimum atomic E-state index is -0.997. The van der Waals surface area contributed by atoms with Crippen LogP contribution in [0.15, 0.2) is 89.3 Å². The number of H-pyrrole nitrogens is 1. The number of amides is 3. The van der Waals surface area contributed by atoms with Gasteiger partial charge >= 0.3 is 0 Å². The quantitative estimate of drug-likeness (QED) is 0.122. The molecule has 17 heterocycles. The van der Waals surface area contributed by atoms with Gasteiger partial charge < -0.3 is 39.0 Å². The molecule has 7 aliphatic rings. The predicted molar refractivity (Wildman–Crippen MR) is 395 cm³/mol. The van der Waals surface area contributed by atoms with Gasteiger partial charge in [0.15, 0.2) is 39.8 Å². The summed E-state index contributed by atoms with van der Waals surface area (Å²) >= 11 is 1.63. The van der Waals surface area contributed by atoms with Gasteiger partial charge in [0.25, 0.3) is 17.7 Å². The molecule has 7 fully saturated rings. The van der Waals surface area contributed by atoms with Crippen LogP contribution < -0.4 is 14.7 Å². The van der Waals surface area contributed by atoms with Gasteiger partial charge in [0, 0.05) is 125 Å². The third-order valence-corrected chi connectivity index (χ3v) is 23.4. The monoisotopic (exact) mass is 1430 g/mol. The molecule has 0 bridgehead atoms. The molecule has 3 amide bonds. The Labute approximate surface area is 607 Å². The number of piperidine rings is 3. The summed E-state index contributed by atoms with van der Waals surface area (Å²) in [5, 5.41) is 38.8. The number of aromatic amines is 1. The SMILES string of the molecule is Cc1ccn2c(F)c(C(=O)N3CCCC[C@H]3c3cc4nc(N5CC[C@H](C)C5)c(C)cn4n3)nc2c1.Cc1cn2nc([C@@H]3CCCCN3C(=O)c3cc(-c4cccs4)[nH]n3)cc2nc1N1CC[C@H](C)C1.Cc1cn2nc([C@@H]3CCCCN3C(=O)c3cc(C4(O)CCCC4)on3)cc2nc1N1CC[C@H](C)C1. The number of hydrogen-bond donors (Lipinski definition) is 2. The largest absolute Gasteiger partial charge is 0.382 e. The summed E-state index contributed by atoms with van der Waals surface area (Å²) in [5.74, 6) is 4.32. The van der Waals surface area contributed by atoms with Gasteiger partial charge in [-0.1, -0.05) is 32.0 Å². The summed E-state index contributed by atoms with van der Waals surface area (Å²) in [5.41, 5.74) is 10.2. The fourth-order valence-electron chi connectivity index (χ4n) is 16.8. The summed E-state index contributed by atoms with van der Waals surface area (Å²) in [6.45, 7) is 23.1. The molecule has 544 valence electrons. The van der Waals surface area contributed by atoms with E-state index in [1.807, 2.05) is 73.9 Å². The number of likely N-dealkylation sites (tertiary alicyclic amines) is 3. The number of aliphatic hydroxyl groups is 1.